The molecule has 2 rings (SSSR count). The number of anilines is 1. The number of halogens is 1. The van der Waals surface area contributed by atoms with Crippen molar-refractivity contribution in [1.29, 1.82) is 0 Å². The first kappa shape index (κ1) is 14.8. The van der Waals surface area contributed by atoms with Crippen LogP contribution in [-0.2, 0) is 0 Å². The second-order valence-electron chi connectivity index (χ2n) is 5.57. The topological polar surface area (TPSA) is 29.3 Å². The summed E-state index contributed by atoms with van der Waals surface area (Å²) in [5.74, 6) is 1.62. The van der Waals surface area contributed by atoms with Crippen molar-refractivity contribution in [1.82, 2.24) is 0 Å². The molecule has 1 fully saturated rings. The molecule has 4 heteroatoms. The molecule has 1 aromatic carbocycles. The number of benzene rings is 1. The van der Waals surface area contributed by atoms with Gasteiger partial charge in [-0.1, -0.05) is 32.1 Å². The zero-order valence-corrected chi connectivity index (χ0v) is 13.9. The highest BCUT2D eigenvalue weighted by Gasteiger charge is 2.24. The number of nitrogens with two attached hydrogens (primary N) is 1. The van der Waals surface area contributed by atoms with Crippen molar-refractivity contribution in [3.8, 4) is 0 Å². The summed E-state index contributed by atoms with van der Waals surface area (Å²) in [4.78, 5) is 2.88. The van der Waals surface area contributed by atoms with Crippen LogP contribution in [0.4, 0.5) is 5.69 Å². The van der Waals surface area contributed by atoms with E-state index in [0.29, 0.717) is 4.99 Å². The van der Waals surface area contributed by atoms with Crippen LogP contribution < -0.4 is 10.6 Å². The zero-order chi connectivity index (χ0) is 14.0. The van der Waals surface area contributed by atoms with Gasteiger partial charge in [0.05, 0.1) is 0 Å². The van der Waals surface area contributed by atoms with Gasteiger partial charge in [-0.3, -0.25) is 0 Å². The van der Waals surface area contributed by atoms with Crippen molar-refractivity contribution < 1.29 is 0 Å². The Hall–Kier alpha value is -0.610. The third kappa shape index (κ3) is 3.29. The lowest BCUT2D eigenvalue weighted by atomic mass is 9.86. The van der Waals surface area contributed by atoms with E-state index in [2.05, 4.69) is 46.8 Å². The molecule has 1 aliphatic heterocycles. The summed E-state index contributed by atoms with van der Waals surface area (Å²) in [5, 5.41) is 0. The van der Waals surface area contributed by atoms with Gasteiger partial charge in [0, 0.05) is 28.8 Å². The Kier molecular flexibility index (Phi) is 4.85. The molecule has 19 heavy (non-hydrogen) atoms. The first-order valence-electron chi connectivity index (χ1n) is 6.84. The van der Waals surface area contributed by atoms with Gasteiger partial charge in [0.1, 0.15) is 4.99 Å². The molecular formula is C15H21BrN2S. The van der Waals surface area contributed by atoms with Gasteiger partial charge in [-0.15, -0.1) is 0 Å². The van der Waals surface area contributed by atoms with Crippen LogP contribution in [-0.4, -0.2) is 18.1 Å². The molecule has 2 nitrogen and oxygen atoms in total. The Morgan fingerprint density at radius 1 is 1.37 bits per heavy atom. The van der Waals surface area contributed by atoms with Gasteiger partial charge in [-0.2, -0.15) is 0 Å². The highest BCUT2D eigenvalue weighted by Crippen LogP contribution is 2.32. The SMILES string of the molecule is CC(C)C1CCN(c2cccc(Br)c2C(N)=S)CC1. The molecule has 1 aromatic rings. The third-order valence-electron chi connectivity index (χ3n) is 4.06. The normalized spacial score (nSPS) is 16.9. The number of hydrogen-bond donors (Lipinski definition) is 1. The molecule has 2 N–H and O–H groups in total. The lowest BCUT2D eigenvalue weighted by Gasteiger charge is -2.36. The zero-order valence-electron chi connectivity index (χ0n) is 11.5. The summed E-state index contributed by atoms with van der Waals surface area (Å²) >= 11 is 8.75. The van der Waals surface area contributed by atoms with Crippen molar-refractivity contribution in [2.75, 3.05) is 18.0 Å². The molecule has 0 spiro atoms. The lowest BCUT2D eigenvalue weighted by molar-refractivity contribution is 0.311. The number of nitrogens with zero attached hydrogens (tertiary/aromatic N) is 1. The Balaban J connectivity index is 2.20. The summed E-state index contributed by atoms with van der Waals surface area (Å²) in [6.45, 7) is 6.82. The number of hydrogen-bond acceptors (Lipinski definition) is 2. The highest BCUT2D eigenvalue weighted by molar-refractivity contribution is 9.10. The Morgan fingerprint density at radius 3 is 2.53 bits per heavy atom. The fourth-order valence-corrected chi connectivity index (χ4v) is 3.74. The monoisotopic (exact) mass is 340 g/mol. The van der Waals surface area contributed by atoms with Gasteiger partial charge < -0.3 is 10.6 Å². The summed E-state index contributed by atoms with van der Waals surface area (Å²) in [6, 6.07) is 6.17. The minimum atomic E-state index is 0.466. The molecule has 0 aromatic heterocycles. The van der Waals surface area contributed by atoms with Crippen LogP contribution in [0.5, 0.6) is 0 Å². The standard InChI is InChI=1S/C15H21BrN2S/c1-10(2)11-6-8-18(9-7-11)13-5-3-4-12(16)14(13)15(17)19/h3-5,10-11H,6-9H2,1-2H3,(H2,17,19). The maximum atomic E-state index is 5.87. The molecule has 104 valence electrons. The summed E-state index contributed by atoms with van der Waals surface area (Å²) in [6.07, 6.45) is 2.50. The molecule has 1 aliphatic rings. The summed E-state index contributed by atoms with van der Waals surface area (Å²) < 4.78 is 0.989. The first-order chi connectivity index (χ1) is 9.00. The van der Waals surface area contributed by atoms with E-state index in [4.69, 9.17) is 18.0 Å². The van der Waals surface area contributed by atoms with E-state index >= 15 is 0 Å². The molecule has 1 heterocycles. The van der Waals surface area contributed by atoms with E-state index in [1.54, 1.807) is 0 Å². The van der Waals surface area contributed by atoms with Crippen molar-refractivity contribution in [2.24, 2.45) is 17.6 Å². The average molecular weight is 341 g/mol. The predicted octanol–water partition coefficient (Wildman–Crippen LogP) is 3.96. The van der Waals surface area contributed by atoms with E-state index in [1.165, 1.54) is 18.5 Å². The van der Waals surface area contributed by atoms with E-state index in [-0.39, 0.29) is 0 Å². The van der Waals surface area contributed by atoms with Crippen molar-refractivity contribution in [2.45, 2.75) is 26.7 Å². The molecule has 0 saturated carbocycles. The first-order valence-corrected chi connectivity index (χ1v) is 8.04. The van der Waals surface area contributed by atoms with E-state index in [0.717, 1.165) is 35.0 Å². The third-order valence-corrected chi connectivity index (χ3v) is 4.93. The van der Waals surface area contributed by atoms with Gasteiger partial charge in [0.2, 0.25) is 0 Å². The van der Waals surface area contributed by atoms with Crippen LogP contribution in [0.1, 0.15) is 32.3 Å². The summed E-state index contributed by atoms with van der Waals surface area (Å²) in [7, 11) is 0. The van der Waals surface area contributed by atoms with Crippen LogP contribution in [0.15, 0.2) is 22.7 Å². The van der Waals surface area contributed by atoms with Crippen LogP contribution in [0.3, 0.4) is 0 Å². The largest absolute Gasteiger partial charge is 0.389 e. The van der Waals surface area contributed by atoms with Gasteiger partial charge in [-0.25, -0.2) is 0 Å². The van der Waals surface area contributed by atoms with Crippen LogP contribution in [0.2, 0.25) is 0 Å². The maximum absolute atomic E-state index is 5.87. The number of thiocarbonyl (C=S) groups is 1. The van der Waals surface area contributed by atoms with Crippen LogP contribution >= 0.6 is 28.1 Å². The summed E-state index contributed by atoms with van der Waals surface area (Å²) in [5.41, 5.74) is 8.02. The van der Waals surface area contributed by atoms with Gasteiger partial charge in [0.15, 0.2) is 0 Å². The van der Waals surface area contributed by atoms with Gasteiger partial charge in [-0.05, 0) is 52.7 Å². The smallest absolute Gasteiger partial charge is 0.107 e. The Labute approximate surface area is 129 Å². The number of rotatable bonds is 3. The van der Waals surface area contributed by atoms with Crippen LogP contribution in [0, 0.1) is 11.8 Å². The fourth-order valence-electron chi connectivity index (χ4n) is 2.83. The fraction of sp³-hybridized carbons (Fsp3) is 0.533. The molecule has 0 unspecified atom stereocenters. The Bertz CT molecular complexity index is 465. The molecule has 0 aliphatic carbocycles. The minimum absolute atomic E-state index is 0.466. The van der Waals surface area contributed by atoms with Crippen molar-refractivity contribution in [3.63, 3.8) is 0 Å². The quantitative estimate of drug-likeness (QED) is 0.844. The predicted molar refractivity (Wildman–Crippen MR) is 89.8 cm³/mol. The molecule has 0 bridgehead atoms. The average Bonchev–Trinajstić information content (AvgIpc) is 2.38. The van der Waals surface area contributed by atoms with Crippen LogP contribution in [0.25, 0.3) is 0 Å². The lowest BCUT2D eigenvalue weighted by Crippen LogP contribution is -2.36. The molecular weight excluding hydrogens is 320 g/mol. The second-order valence-corrected chi connectivity index (χ2v) is 6.86. The van der Waals surface area contributed by atoms with E-state index < -0.39 is 0 Å². The van der Waals surface area contributed by atoms with E-state index in [1.807, 2.05) is 6.07 Å². The molecule has 1 saturated heterocycles. The molecule has 0 atom stereocenters. The molecule has 0 radical (unpaired) electrons. The Morgan fingerprint density at radius 2 is 2.00 bits per heavy atom. The maximum Gasteiger partial charge on any atom is 0.107 e. The van der Waals surface area contributed by atoms with Gasteiger partial charge >= 0.3 is 0 Å². The van der Waals surface area contributed by atoms with E-state index in [9.17, 15) is 0 Å². The van der Waals surface area contributed by atoms with Crippen molar-refractivity contribution >= 4 is 38.8 Å². The highest BCUT2D eigenvalue weighted by atomic mass is 79.9. The minimum Gasteiger partial charge on any atom is -0.389 e. The van der Waals surface area contributed by atoms with Crippen molar-refractivity contribution in [3.05, 3.63) is 28.2 Å². The van der Waals surface area contributed by atoms with Gasteiger partial charge in [0.25, 0.3) is 0 Å². The second kappa shape index (κ2) is 6.23. The molecule has 0 amide bonds. The number of piperidine rings is 1.